The molecule has 0 fully saturated rings. The largest absolute Gasteiger partial charge is 0.309 e. The van der Waals surface area contributed by atoms with Gasteiger partial charge in [0, 0.05) is 17.1 Å². The Kier molecular flexibility index (Phi) is 9.10. The average Bonchev–Trinajstić information content (AvgIpc) is 2.83. The summed E-state index contributed by atoms with van der Waals surface area (Å²) in [4.78, 5) is 5.81. The van der Waals surface area contributed by atoms with Crippen LogP contribution in [0.2, 0.25) is 0 Å². The average molecular weight is 282 g/mol. The lowest BCUT2D eigenvalue weighted by Gasteiger charge is -2.16. The topological polar surface area (TPSA) is 24.9 Å². The van der Waals surface area contributed by atoms with E-state index in [9.17, 15) is 0 Å². The molecular formula is C16H30N2S. The fourth-order valence-corrected chi connectivity index (χ4v) is 3.23. The second-order valence-electron chi connectivity index (χ2n) is 5.34. The molecule has 0 amide bonds. The molecule has 1 aromatic heterocycles. The van der Waals surface area contributed by atoms with Crippen LogP contribution in [0.1, 0.15) is 81.1 Å². The molecule has 110 valence electrons. The fourth-order valence-electron chi connectivity index (χ4n) is 2.33. The van der Waals surface area contributed by atoms with Crippen LogP contribution in [0.25, 0.3) is 0 Å². The standard InChI is InChI=1S/C16H30N2S/c1-4-6-7-8-9-10-11-15(17-12-5-2)16-13-18-14(3)19-16/h13,15,17H,4-12H2,1-3H3. The Morgan fingerprint density at radius 3 is 2.47 bits per heavy atom. The van der Waals surface area contributed by atoms with Crippen molar-refractivity contribution < 1.29 is 0 Å². The number of aryl methyl sites for hydroxylation is 1. The third-order valence-electron chi connectivity index (χ3n) is 3.47. The van der Waals surface area contributed by atoms with E-state index in [0.717, 1.165) is 6.54 Å². The van der Waals surface area contributed by atoms with Crippen molar-refractivity contribution in [3.05, 3.63) is 16.1 Å². The summed E-state index contributed by atoms with van der Waals surface area (Å²) in [7, 11) is 0. The van der Waals surface area contributed by atoms with Gasteiger partial charge in [-0.15, -0.1) is 11.3 Å². The maximum Gasteiger partial charge on any atom is 0.0897 e. The Morgan fingerprint density at radius 1 is 1.11 bits per heavy atom. The molecule has 1 atom stereocenters. The minimum absolute atomic E-state index is 0.525. The highest BCUT2D eigenvalue weighted by molar-refractivity contribution is 7.11. The second kappa shape index (κ2) is 10.4. The Labute approximate surface area is 123 Å². The Bertz CT molecular complexity index is 322. The van der Waals surface area contributed by atoms with Crippen LogP contribution >= 0.6 is 11.3 Å². The van der Waals surface area contributed by atoms with Crippen LogP contribution in [-0.4, -0.2) is 11.5 Å². The third kappa shape index (κ3) is 7.07. The SMILES string of the molecule is CCCCCCCCC(NCCC)c1cnc(C)s1. The first-order chi connectivity index (χ1) is 9.27. The number of aromatic nitrogens is 1. The summed E-state index contributed by atoms with van der Waals surface area (Å²) in [6, 6.07) is 0.525. The van der Waals surface area contributed by atoms with Crippen molar-refractivity contribution in [1.82, 2.24) is 10.3 Å². The molecule has 0 aliphatic rings. The van der Waals surface area contributed by atoms with Gasteiger partial charge >= 0.3 is 0 Å². The summed E-state index contributed by atoms with van der Waals surface area (Å²) >= 11 is 1.84. The van der Waals surface area contributed by atoms with Gasteiger partial charge in [-0.05, 0) is 26.3 Å². The summed E-state index contributed by atoms with van der Waals surface area (Å²) in [5.74, 6) is 0. The Balaban J connectivity index is 2.29. The summed E-state index contributed by atoms with van der Waals surface area (Å²) in [5, 5.41) is 4.85. The third-order valence-corrected chi connectivity index (χ3v) is 4.50. The lowest BCUT2D eigenvalue weighted by Crippen LogP contribution is -2.21. The molecule has 2 nitrogen and oxygen atoms in total. The summed E-state index contributed by atoms with van der Waals surface area (Å²) in [6.07, 6.45) is 12.8. The molecule has 1 aromatic rings. The van der Waals surface area contributed by atoms with Gasteiger partial charge in [-0.2, -0.15) is 0 Å². The fraction of sp³-hybridized carbons (Fsp3) is 0.812. The van der Waals surface area contributed by atoms with Crippen molar-refractivity contribution in [2.45, 2.75) is 78.2 Å². The highest BCUT2D eigenvalue weighted by Gasteiger charge is 2.12. The van der Waals surface area contributed by atoms with Gasteiger partial charge in [0.1, 0.15) is 0 Å². The van der Waals surface area contributed by atoms with E-state index in [-0.39, 0.29) is 0 Å². The lowest BCUT2D eigenvalue weighted by molar-refractivity contribution is 0.471. The molecule has 1 unspecified atom stereocenters. The molecular weight excluding hydrogens is 252 g/mol. The van der Waals surface area contributed by atoms with Crippen molar-refractivity contribution in [2.24, 2.45) is 0 Å². The number of rotatable bonds is 11. The number of thiazole rings is 1. The molecule has 1 heterocycles. The van der Waals surface area contributed by atoms with Crippen LogP contribution in [-0.2, 0) is 0 Å². The van der Waals surface area contributed by atoms with Crippen LogP contribution in [0.3, 0.4) is 0 Å². The number of unbranched alkanes of at least 4 members (excludes halogenated alkanes) is 5. The van der Waals surface area contributed by atoms with Gasteiger partial charge in [-0.1, -0.05) is 52.4 Å². The van der Waals surface area contributed by atoms with Crippen molar-refractivity contribution in [1.29, 1.82) is 0 Å². The van der Waals surface area contributed by atoms with E-state index >= 15 is 0 Å². The van der Waals surface area contributed by atoms with Crippen LogP contribution in [0, 0.1) is 6.92 Å². The normalized spacial score (nSPS) is 12.8. The van der Waals surface area contributed by atoms with Crippen molar-refractivity contribution in [3.8, 4) is 0 Å². The van der Waals surface area contributed by atoms with E-state index in [1.54, 1.807) is 0 Å². The highest BCUT2D eigenvalue weighted by Crippen LogP contribution is 2.25. The molecule has 3 heteroatoms. The van der Waals surface area contributed by atoms with Crippen LogP contribution in [0.5, 0.6) is 0 Å². The number of nitrogens with one attached hydrogen (secondary N) is 1. The van der Waals surface area contributed by atoms with E-state index in [2.05, 4.69) is 37.3 Å². The Morgan fingerprint density at radius 2 is 1.84 bits per heavy atom. The molecule has 1 rings (SSSR count). The van der Waals surface area contributed by atoms with Gasteiger partial charge in [0.15, 0.2) is 0 Å². The molecule has 0 aliphatic heterocycles. The molecule has 0 bridgehead atoms. The first-order valence-electron chi connectivity index (χ1n) is 7.93. The number of nitrogens with zero attached hydrogens (tertiary/aromatic N) is 1. The van der Waals surface area contributed by atoms with Gasteiger partial charge < -0.3 is 5.32 Å². The number of hydrogen-bond donors (Lipinski definition) is 1. The van der Waals surface area contributed by atoms with Gasteiger partial charge in [0.05, 0.1) is 5.01 Å². The molecule has 1 N–H and O–H groups in total. The zero-order valence-corrected chi connectivity index (χ0v) is 13.7. The maximum atomic E-state index is 4.39. The van der Waals surface area contributed by atoms with Gasteiger partial charge in [-0.25, -0.2) is 4.98 Å². The van der Waals surface area contributed by atoms with E-state index in [0.29, 0.717) is 6.04 Å². The van der Waals surface area contributed by atoms with E-state index in [4.69, 9.17) is 0 Å². The smallest absolute Gasteiger partial charge is 0.0897 e. The van der Waals surface area contributed by atoms with Crippen molar-refractivity contribution in [2.75, 3.05) is 6.54 Å². The predicted molar refractivity (Wildman–Crippen MR) is 85.9 cm³/mol. The molecule has 0 spiro atoms. The zero-order chi connectivity index (χ0) is 13.9. The molecule has 0 saturated carbocycles. The van der Waals surface area contributed by atoms with Crippen molar-refractivity contribution >= 4 is 11.3 Å². The minimum atomic E-state index is 0.525. The first kappa shape index (κ1) is 16.6. The molecule has 0 aromatic carbocycles. The van der Waals surface area contributed by atoms with Gasteiger partial charge in [-0.3, -0.25) is 0 Å². The second-order valence-corrected chi connectivity index (χ2v) is 6.61. The Hall–Kier alpha value is -0.410. The van der Waals surface area contributed by atoms with Gasteiger partial charge in [0.25, 0.3) is 0 Å². The molecule has 0 aliphatic carbocycles. The molecule has 0 saturated heterocycles. The minimum Gasteiger partial charge on any atom is -0.309 e. The van der Waals surface area contributed by atoms with E-state index < -0.39 is 0 Å². The first-order valence-corrected chi connectivity index (χ1v) is 8.75. The van der Waals surface area contributed by atoms with E-state index in [1.807, 2.05) is 11.3 Å². The summed E-state index contributed by atoms with van der Waals surface area (Å²) in [6.45, 7) is 7.71. The van der Waals surface area contributed by atoms with Crippen LogP contribution in [0.4, 0.5) is 0 Å². The highest BCUT2D eigenvalue weighted by atomic mass is 32.1. The van der Waals surface area contributed by atoms with Crippen LogP contribution in [0.15, 0.2) is 6.20 Å². The molecule has 19 heavy (non-hydrogen) atoms. The molecule has 0 radical (unpaired) electrons. The maximum absolute atomic E-state index is 4.39. The van der Waals surface area contributed by atoms with Crippen molar-refractivity contribution in [3.63, 3.8) is 0 Å². The quantitative estimate of drug-likeness (QED) is 0.561. The summed E-state index contributed by atoms with van der Waals surface area (Å²) < 4.78 is 0. The summed E-state index contributed by atoms with van der Waals surface area (Å²) in [5.41, 5.74) is 0. The van der Waals surface area contributed by atoms with E-state index in [1.165, 1.54) is 61.3 Å². The van der Waals surface area contributed by atoms with Gasteiger partial charge in [0.2, 0.25) is 0 Å². The number of hydrogen-bond acceptors (Lipinski definition) is 3. The van der Waals surface area contributed by atoms with Crippen LogP contribution < -0.4 is 5.32 Å². The zero-order valence-electron chi connectivity index (χ0n) is 12.9. The predicted octanol–water partition coefficient (Wildman–Crippen LogP) is 5.24. The lowest BCUT2D eigenvalue weighted by atomic mass is 10.0. The monoisotopic (exact) mass is 282 g/mol.